The Morgan fingerprint density at radius 2 is 2.17 bits per heavy atom. The Hall–Kier alpha value is -1.62. The maximum Gasteiger partial charge on any atom is 0.355 e. The second-order valence-electron chi connectivity index (χ2n) is 5.36. The highest BCUT2D eigenvalue weighted by Gasteiger charge is 2.39. The third-order valence-corrected chi connectivity index (χ3v) is 3.35. The Morgan fingerprint density at radius 3 is 2.78 bits per heavy atom. The minimum absolute atomic E-state index is 0.114. The van der Waals surface area contributed by atoms with Crippen LogP contribution in [0.15, 0.2) is 28.9 Å². The van der Waals surface area contributed by atoms with Crippen LogP contribution in [-0.4, -0.2) is 54.5 Å². The number of amides is 2. The number of hydrogen-bond donors (Lipinski definition) is 0. The van der Waals surface area contributed by atoms with Crippen LogP contribution in [0, 0.1) is 5.41 Å². The third-order valence-electron chi connectivity index (χ3n) is 3.35. The van der Waals surface area contributed by atoms with E-state index in [0.717, 1.165) is 17.8 Å². The van der Waals surface area contributed by atoms with Crippen molar-refractivity contribution < 1.29 is 4.79 Å². The lowest BCUT2D eigenvalue weighted by Crippen LogP contribution is -2.55. The van der Waals surface area contributed by atoms with Gasteiger partial charge >= 0.3 is 6.03 Å². The number of hydrogen-bond acceptors (Lipinski definition) is 3. The Labute approximate surface area is 108 Å². The summed E-state index contributed by atoms with van der Waals surface area (Å²) in [6, 6.07) is -0.130. The fourth-order valence-corrected chi connectivity index (χ4v) is 2.41. The molecule has 5 heteroatoms. The van der Waals surface area contributed by atoms with Gasteiger partial charge in [-0.2, -0.15) is 10.1 Å². The molecule has 2 rings (SSSR count). The first-order valence-electron chi connectivity index (χ1n) is 6.03. The van der Waals surface area contributed by atoms with Gasteiger partial charge in [-0.1, -0.05) is 18.2 Å². The molecule has 2 aliphatic rings. The predicted molar refractivity (Wildman–Crippen MR) is 72.0 cm³/mol. The van der Waals surface area contributed by atoms with Gasteiger partial charge in [-0.25, -0.2) is 4.79 Å². The van der Waals surface area contributed by atoms with Crippen LogP contribution in [0.25, 0.3) is 0 Å². The minimum atomic E-state index is -0.130. The van der Waals surface area contributed by atoms with E-state index in [9.17, 15) is 4.79 Å². The summed E-state index contributed by atoms with van der Waals surface area (Å²) in [4.78, 5) is 13.6. The third kappa shape index (κ3) is 1.95. The maximum atomic E-state index is 12.1. The summed E-state index contributed by atoms with van der Waals surface area (Å²) in [5, 5.41) is 7.82. The van der Waals surface area contributed by atoms with Crippen LogP contribution in [0.4, 0.5) is 4.79 Å². The van der Waals surface area contributed by atoms with E-state index in [1.807, 2.05) is 25.1 Å². The smallest absolute Gasteiger partial charge is 0.328 e. The molecule has 0 aromatic heterocycles. The van der Waals surface area contributed by atoms with Crippen LogP contribution in [-0.2, 0) is 0 Å². The molecule has 2 amide bonds. The van der Waals surface area contributed by atoms with Crippen molar-refractivity contribution in [1.29, 1.82) is 0 Å². The number of nitrogens with zero attached hydrogens (tertiary/aromatic N) is 4. The number of rotatable bonds is 0. The minimum Gasteiger partial charge on any atom is -0.328 e. The summed E-state index contributed by atoms with van der Waals surface area (Å²) < 4.78 is 0. The first-order valence-corrected chi connectivity index (χ1v) is 6.03. The summed E-state index contributed by atoms with van der Waals surface area (Å²) in [6.07, 6.45) is 6.24. The van der Waals surface area contributed by atoms with Gasteiger partial charge in [0.15, 0.2) is 0 Å². The second-order valence-corrected chi connectivity index (χ2v) is 5.36. The molecule has 0 aromatic rings. The molecule has 1 heterocycles. The first-order chi connectivity index (χ1) is 8.35. The molecule has 1 aliphatic carbocycles. The van der Waals surface area contributed by atoms with Crippen LogP contribution >= 0.6 is 0 Å². The molecule has 5 nitrogen and oxygen atoms in total. The van der Waals surface area contributed by atoms with Gasteiger partial charge in [-0.15, -0.1) is 5.12 Å². The van der Waals surface area contributed by atoms with E-state index in [1.165, 1.54) is 10.0 Å². The van der Waals surface area contributed by atoms with Crippen LogP contribution in [0.5, 0.6) is 0 Å². The summed E-state index contributed by atoms with van der Waals surface area (Å²) >= 11 is 0. The molecule has 0 saturated heterocycles. The van der Waals surface area contributed by atoms with Crippen LogP contribution in [0.1, 0.15) is 13.8 Å². The van der Waals surface area contributed by atoms with Gasteiger partial charge in [-0.3, -0.25) is 0 Å². The van der Waals surface area contributed by atoms with Gasteiger partial charge in [0.2, 0.25) is 0 Å². The van der Waals surface area contributed by atoms with Gasteiger partial charge in [0, 0.05) is 33.1 Å². The van der Waals surface area contributed by atoms with Crippen molar-refractivity contribution in [2.24, 2.45) is 10.5 Å². The lowest BCUT2D eigenvalue weighted by atomic mass is 9.78. The molecule has 0 bridgehead atoms. The molecular formula is C13H20N4O. The second kappa shape index (κ2) is 4.24. The number of hydrazine groups is 1. The number of urea groups is 1. The molecule has 0 radical (unpaired) electrons. The fraction of sp³-hybridized carbons (Fsp3) is 0.538. The lowest BCUT2D eigenvalue weighted by molar-refractivity contribution is 0.00274. The molecule has 1 aliphatic heterocycles. The Balaban J connectivity index is 2.41. The summed E-state index contributed by atoms with van der Waals surface area (Å²) in [6.45, 7) is 4.92. The summed E-state index contributed by atoms with van der Waals surface area (Å²) in [7, 11) is 5.34. The monoisotopic (exact) mass is 248 g/mol. The van der Waals surface area contributed by atoms with E-state index in [4.69, 9.17) is 0 Å². The zero-order valence-corrected chi connectivity index (χ0v) is 11.6. The average molecular weight is 248 g/mol. The Bertz CT molecular complexity index is 464. The number of carbonyl (C=O) groups is 1. The molecule has 1 atom stereocenters. The van der Waals surface area contributed by atoms with Gasteiger partial charge in [0.25, 0.3) is 0 Å². The fourth-order valence-electron chi connectivity index (χ4n) is 2.41. The topological polar surface area (TPSA) is 39.1 Å². The van der Waals surface area contributed by atoms with E-state index in [-0.39, 0.29) is 11.4 Å². The van der Waals surface area contributed by atoms with Crippen molar-refractivity contribution in [2.45, 2.75) is 13.8 Å². The Morgan fingerprint density at radius 1 is 1.50 bits per heavy atom. The zero-order chi connectivity index (χ0) is 13.5. The molecule has 98 valence electrons. The normalized spacial score (nSPS) is 27.5. The molecule has 0 N–H and O–H groups in total. The van der Waals surface area contributed by atoms with Gasteiger partial charge in [0.05, 0.1) is 5.71 Å². The Kier molecular flexibility index (Phi) is 3.02. The van der Waals surface area contributed by atoms with Crippen molar-refractivity contribution in [2.75, 3.05) is 27.7 Å². The van der Waals surface area contributed by atoms with E-state index in [1.54, 1.807) is 14.1 Å². The first kappa shape index (κ1) is 12.8. The molecular weight excluding hydrogens is 228 g/mol. The molecule has 0 aromatic carbocycles. The van der Waals surface area contributed by atoms with Crippen LogP contribution in [0.3, 0.4) is 0 Å². The van der Waals surface area contributed by atoms with E-state index >= 15 is 0 Å². The number of fused-ring (bicyclic) bond motifs is 1. The molecule has 0 fully saturated rings. The average Bonchev–Trinajstić information content (AvgIpc) is 2.26. The lowest BCUT2D eigenvalue weighted by Gasteiger charge is -2.43. The SMILES string of the molecule is CC1=CC=CC2(C)CN(C)N(C(=O)N(C)C)N=C12. The molecule has 18 heavy (non-hydrogen) atoms. The standard InChI is InChI=1S/C13H20N4O/c1-10-7-6-8-13(2)9-16(5)17(14-11(10)13)12(18)15(3)4/h6-8H,9H2,1-5H3. The predicted octanol–water partition coefficient (Wildman–Crippen LogP) is 1.71. The number of allylic oxidation sites excluding steroid dienone is 3. The van der Waals surface area contributed by atoms with Crippen molar-refractivity contribution in [3.63, 3.8) is 0 Å². The van der Waals surface area contributed by atoms with Gasteiger partial charge in [0.1, 0.15) is 0 Å². The largest absolute Gasteiger partial charge is 0.355 e. The highest BCUT2D eigenvalue weighted by atomic mass is 16.2. The van der Waals surface area contributed by atoms with Crippen molar-refractivity contribution in [1.82, 2.24) is 15.0 Å². The van der Waals surface area contributed by atoms with Crippen molar-refractivity contribution >= 4 is 11.7 Å². The highest BCUT2D eigenvalue weighted by Crippen LogP contribution is 2.33. The molecule has 0 saturated carbocycles. The molecule has 1 unspecified atom stereocenters. The van der Waals surface area contributed by atoms with E-state index < -0.39 is 0 Å². The van der Waals surface area contributed by atoms with Crippen LogP contribution in [0.2, 0.25) is 0 Å². The highest BCUT2D eigenvalue weighted by molar-refractivity contribution is 6.07. The van der Waals surface area contributed by atoms with Gasteiger partial charge in [-0.05, 0) is 19.4 Å². The van der Waals surface area contributed by atoms with E-state index in [0.29, 0.717) is 0 Å². The zero-order valence-electron chi connectivity index (χ0n) is 11.6. The van der Waals surface area contributed by atoms with Crippen molar-refractivity contribution in [3.05, 3.63) is 23.8 Å². The van der Waals surface area contributed by atoms with E-state index in [2.05, 4.69) is 24.2 Å². The number of carbonyl (C=O) groups excluding carboxylic acids is 1. The summed E-state index contributed by atoms with van der Waals surface area (Å²) in [5.74, 6) is 0. The number of hydrazone groups is 1. The van der Waals surface area contributed by atoms with Crippen molar-refractivity contribution in [3.8, 4) is 0 Å². The quantitative estimate of drug-likeness (QED) is 0.654. The molecule has 0 spiro atoms. The van der Waals surface area contributed by atoms with Gasteiger partial charge < -0.3 is 4.90 Å². The summed E-state index contributed by atoms with van der Waals surface area (Å²) in [5.41, 5.74) is 1.97. The maximum absolute atomic E-state index is 12.1. The van der Waals surface area contributed by atoms with Crippen LogP contribution < -0.4 is 0 Å².